The molecule has 2 saturated heterocycles. The summed E-state index contributed by atoms with van der Waals surface area (Å²) in [4.78, 5) is 34.0. The summed E-state index contributed by atoms with van der Waals surface area (Å²) in [5.74, 6) is 0.755. The highest BCUT2D eigenvalue weighted by Gasteiger charge is 2.35. The van der Waals surface area contributed by atoms with E-state index in [9.17, 15) is 10.1 Å². The molecule has 0 spiro atoms. The van der Waals surface area contributed by atoms with Gasteiger partial charge >= 0.3 is 6.01 Å². The first-order valence-electron chi connectivity index (χ1n) is 16.1. The van der Waals surface area contributed by atoms with Crippen molar-refractivity contribution in [3.8, 4) is 12.1 Å². The average molecular weight is 643 g/mol. The molecule has 3 aromatic rings. The second-order valence-electron chi connectivity index (χ2n) is 12.9. The first-order chi connectivity index (χ1) is 22.2. The van der Waals surface area contributed by atoms with Gasteiger partial charge in [-0.3, -0.25) is 4.79 Å². The summed E-state index contributed by atoms with van der Waals surface area (Å²) in [6.45, 7) is 9.09. The third kappa shape index (κ3) is 6.63. The number of nitrogens with zero attached hydrogens (tertiary/aromatic N) is 8. The lowest BCUT2D eigenvalue weighted by atomic mass is 10.0. The highest BCUT2D eigenvalue weighted by molar-refractivity contribution is 6.36. The number of hydrogen-bond donors (Lipinski definition) is 0. The zero-order valence-electron chi connectivity index (χ0n) is 27.1. The summed E-state index contributed by atoms with van der Waals surface area (Å²) in [5, 5.41) is 12.6. The van der Waals surface area contributed by atoms with E-state index in [1.807, 2.05) is 36.0 Å². The number of likely N-dealkylation sites (N-methyl/N-ethyl adjacent to an activating group) is 2. The molecule has 0 saturated carbocycles. The Balaban J connectivity index is 1.31. The van der Waals surface area contributed by atoms with Gasteiger partial charge in [0.1, 0.15) is 12.4 Å². The summed E-state index contributed by atoms with van der Waals surface area (Å²) >= 11 is 6.72. The number of carbonyl (C=O) groups is 1. The molecule has 2 atom stereocenters. The molecule has 2 fully saturated rings. The molecule has 1 amide bonds. The van der Waals surface area contributed by atoms with Gasteiger partial charge in [0.05, 0.1) is 35.8 Å². The Hall–Kier alpha value is -3.91. The SMILES string of the molecule is C=C(CN(C)C)C(=O)N1CCN(c2nc(OC[C@@H]3CCCN3C)nc3c2CCN(c2cccc4cccc(Cl)c24)C3)C[C@@H]1CC#N. The minimum atomic E-state index is -0.273. The largest absolute Gasteiger partial charge is 0.462 e. The maximum Gasteiger partial charge on any atom is 0.318 e. The number of halogens is 1. The average Bonchev–Trinajstić information content (AvgIpc) is 3.46. The molecule has 3 aliphatic rings. The van der Waals surface area contributed by atoms with E-state index in [4.69, 9.17) is 26.3 Å². The molecule has 2 aromatic carbocycles. The van der Waals surface area contributed by atoms with Crippen LogP contribution in [0.3, 0.4) is 0 Å². The fourth-order valence-corrected chi connectivity index (χ4v) is 7.35. The Morgan fingerprint density at radius 1 is 1.11 bits per heavy atom. The molecule has 0 N–H and O–H groups in total. The molecule has 242 valence electrons. The van der Waals surface area contributed by atoms with Crippen molar-refractivity contribution < 1.29 is 9.53 Å². The number of amides is 1. The zero-order chi connectivity index (χ0) is 32.4. The van der Waals surface area contributed by atoms with Crippen LogP contribution in [-0.4, -0.2) is 110 Å². The van der Waals surface area contributed by atoms with Crippen molar-refractivity contribution in [3.63, 3.8) is 0 Å². The molecule has 4 heterocycles. The Labute approximate surface area is 276 Å². The topological polar surface area (TPSA) is 92.1 Å². The predicted molar refractivity (Wildman–Crippen MR) is 183 cm³/mol. The number of piperazine rings is 1. The number of rotatable bonds is 9. The van der Waals surface area contributed by atoms with Crippen molar-refractivity contribution in [1.29, 1.82) is 5.26 Å². The predicted octanol–water partition coefficient (Wildman–Crippen LogP) is 4.37. The van der Waals surface area contributed by atoms with Gasteiger partial charge in [-0.15, -0.1) is 0 Å². The smallest absolute Gasteiger partial charge is 0.318 e. The number of benzene rings is 2. The van der Waals surface area contributed by atoms with Crippen molar-refractivity contribution in [2.45, 2.75) is 44.3 Å². The summed E-state index contributed by atoms with van der Waals surface area (Å²) < 4.78 is 6.33. The highest BCUT2D eigenvalue weighted by atomic mass is 35.5. The van der Waals surface area contributed by atoms with Gasteiger partial charge < -0.3 is 29.2 Å². The van der Waals surface area contributed by atoms with Crippen LogP contribution in [0.5, 0.6) is 6.01 Å². The number of nitriles is 1. The van der Waals surface area contributed by atoms with Gasteiger partial charge in [-0.25, -0.2) is 0 Å². The summed E-state index contributed by atoms with van der Waals surface area (Å²) in [6, 6.07) is 15.0. The van der Waals surface area contributed by atoms with Gasteiger partial charge in [-0.1, -0.05) is 42.4 Å². The molecule has 11 heteroatoms. The van der Waals surface area contributed by atoms with Gasteiger partial charge in [-0.05, 0) is 64.5 Å². The molecule has 0 aliphatic carbocycles. The third-order valence-electron chi connectivity index (χ3n) is 9.45. The van der Waals surface area contributed by atoms with Gasteiger partial charge in [0.15, 0.2) is 0 Å². The van der Waals surface area contributed by atoms with Crippen molar-refractivity contribution in [3.05, 3.63) is 64.8 Å². The normalized spacial score (nSPS) is 20.2. The Morgan fingerprint density at radius 3 is 2.65 bits per heavy atom. The summed E-state index contributed by atoms with van der Waals surface area (Å²) in [5.41, 5.74) is 3.65. The maximum atomic E-state index is 13.4. The number of anilines is 2. The Bertz CT molecular complexity index is 1650. The van der Waals surface area contributed by atoms with Crippen LogP contribution in [-0.2, 0) is 17.8 Å². The summed E-state index contributed by atoms with van der Waals surface area (Å²) in [6.07, 6.45) is 3.24. The van der Waals surface area contributed by atoms with Gasteiger partial charge in [0.2, 0.25) is 0 Å². The molecule has 0 unspecified atom stereocenters. The van der Waals surface area contributed by atoms with Crippen LogP contribution in [0.15, 0.2) is 48.6 Å². The zero-order valence-corrected chi connectivity index (χ0v) is 27.8. The van der Waals surface area contributed by atoms with Gasteiger partial charge in [0.25, 0.3) is 5.91 Å². The first kappa shape index (κ1) is 32.0. The maximum absolute atomic E-state index is 13.4. The van der Waals surface area contributed by atoms with E-state index in [2.05, 4.69) is 58.7 Å². The van der Waals surface area contributed by atoms with E-state index in [-0.39, 0.29) is 18.4 Å². The lowest BCUT2D eigenvalue weighted by molar-refractivity contribution is -0.129. The fourth-order valence-electron chi connectivity index (χ4n) is 7.07. The fraction of sp³-hybridized carbons (Fsp3) is 0.486. The lowest BCUT2D eigenvalue weighted by Gasteiger charge is -2.43. The molecule has 46 heavy (non-hydrogen) atoms. The van der Waals surface area contributed by atoms with Crippen molar-refractivity contribution in [2.75, 3.05) is 76.8 Å². The van der Waals surface area contributed by atoms with E-state index >= 15 is 0 Å². The second kappa shape index (κ2) is 13.8. The Morgan fingerprint density at radius 2 is 1.91 bits per heavy atom. The third-order valence-corrected chi connectivity index (χ3v) is 9.77. The van der Waals surface area contributed by atoms with Crippen LogP contribution >= 0.6 is 11.6 Å². The van der Waals surface area contributed by atoms with Crippen LogP contribution in [0.25, 0.3) is 10.8 Å². The summed E-state index contributed by atoms with van der Waals surface area (Å²) in [7, 11) is 5.97. The molecular weight excluding hydrogens is 600 g/mol. The standard InChI is InChI=1S/C35H43ClN8O2/c1-24(20-40(2)3)34(45)44-19-18-43(21-26(44)13-15-37)33-28-14-17-42(31-12-6-9-25-8-5-11-29(36)32(25)31)22-30(28)38-35(39-33)46-23-27-10-7-16-41(27)4/h5-6,8-9,11-12,26-27H,1,7,10,13-14,16-23H2,2-4H3/t26-,27-/m0/s1. The number of hydrogen-bond acceptors (Lipinski definition) is 9. The molecule has 6 rings (SSSR count). The lowest BCUT2D eigenvalue weighted by Crippen LogP contribution is -2.56. The van der Waals surface area contributed by atoms with E-state index in [1.54, 1.807) is 0 Å². The minimum Gasteiger partial charge on any atom is -0.462 e. The Kier molecular flexibility index (Phi) is 9.64. The molecular formula is C35H43ClN8O2. The second-order valence-corrected chi connectivity index (χ2v) is 13.3. The van der Waals surface area contributed by atoms with Crippen LogP contribution in [0.1, 0.15) is 30.5 Å². The van der Waals surface area contributed by atoms with E-state index in [0.29, 0.717) is 57.0 Å². The number of carbonyl (C=O) groups excluding carboxylic acids is 1. The molecule has 0 bridgehead atoms. The number of ether oxygens (including phenoxy) is 1. The molecule has 10 nitrogen and oxygen atoms in total. The van der Waals surface area contributed by atoms with Crippen LogP contribution in [0, 0.1) is 11.3 Å². The molecule has 1 aromatic heterocycles. The van der Waals surface area contributed by atoms with Crippen LogP contribution < -0.4 is 14.5 Å². The number of aromatic nitrogens is 2. The quantitative estimate of drug-likeness (QED) is 0.316. The monoisotopic (exact) mass is 642 g/mol. The molecule has 3 aliphatic heterocycles. The van der Waals surface area contributed by atoms with E-state index < -0.39 is 0 Å². The van der Waals surface area contributed by atoms with Gasteiger partial charge in [-0.2, -0.15) is 15.2 Å². The van der Waals surface area contributed by atoms with Crippen molar-refractivity contribution in [1.82, 2.24) is 24.7 Å². The number of fused-ring (bicyclic) bond motifs is 2. The molecule has 0 radical (unpaired) electrons. The van der Waals surface area contributed by atoms with Crippen LogP contribution in [0.4, 0.5) is 11.5 Å². The van der Waals surface area contributed by atoms with Crippen molar-refractivity contribution in [2.24, 2.45) is 0 Å². The van der Waals surface area contributed by atoms with Gasteiger partial charge in [0, 0.05) is 61.0 Å². The number of likely N-dealkylation sites (tertiary alicyclic amines) is 1. The minimum absolute atomic E-state index is 0.0904. The highest BCUT2D eigenvalue weighted by Crippen LogP contribution is 2.37. The van der Waals surface area contributed by atoms with E-state index in [0.717, 1.165) is 70.9 Å². The van der Waals surface area contributed by atoms with E-state index in [1.165, 1.54) is 0 Å². The van der Waals surface area contributed by atoms with Crippen molar-refractivity contribution >= 4 is 39.8 Å². The van der Waals surface area contributed by atoms with Crippen LogP contribution in [0.2, 0.25) is 5.02 Å². The first-order valence-corrected chi connectivity index (χ1v) is 16.5.